The minimum absolute atomic E-state index is 0.192. The standard InChI is InChI=1S/C30H32F3N5O4S/c1-41-24-10-4-21(5-11-24)26-19-25(27-3-2-18-43-27)35-38(26)28(39)20-37(13-12-36-14-16-42-17-15-36)29(40)34-23-8-6-22(7-9-23)30(31,32)33/h2-11,18,26H,12-17,19-20H2,1H3,(H,34,40)/t26-/m0/s1. The van der Waals surface area contributed by atoms with E-state index < -0.39 is 17.8 Å². The fourth-order valence-electron chi connectivity index (χ4n) is 4.94. The van der Waals surface area contributed by atoms with Crippen molar-refractivity contribution in [3.8, 4) is 5.75 Å². The van der Waals surface area contributed by atoms with Gasteiger partial charge in [-0.2, -0.15) is 18.3 Å². The maximum absolute atomic E-state index is 13.9. The predicted molar refractivity (Wildman–Crippen MR) is 157 cm³/mol. The van der Waals surface area contributed by atoms with E-state index in [1.807, 2.05) is 41.8 Å². The average molecular weight is 616 g/mol. The molecule has 0 saturated carbocycles. The largest absolute Gasteiger partial charge is 0.497 e. The third-order valence-corrected chi connectivity index (χ3v) is 8.26. The molecule has 2 aliphatic rings. The van der Waals surface area contributed by atoms with Crippen molar-refractivity contribution in [3.63, 3.8) is 0 Å². The Morgan fingerprint density at radius 1 is 1.09 bits per heavy atom. The summed E-state index contributed by atoms with van der Waals surface area (Å²) < 4.78 is 49.8. The molecule has 0 spiro atoms. The lowest BCUT2D eigenvalue weighted by Gasteiger charge is -2.31. The molecule has 9 nitrogen and oxygen atoms in total. The first-order chi connectivity index (χ1) is 20.7. The second kappa shape index (κ2) is 13.6. The van der Waals surface area contributed by atoms with Crippen molar-refractivity contribution >= 4 is 34.7 Å². The summed E-state index contributed by atoms with van der Waals surface area (Å²) in [6.07, 6.45) is -3.98. The lowest BCUT2D eigenvalue weighted by Crippen LogP contribution is -2.47. The number of nitrogens with zero attached hydrogens (tertiary/aromatic N) is 4. The molecule has 13 heteroatoms. The second-order valence-electron chi connectivity index (χ2n) is 10.1. The Morgan fingerprint density at radius 2 is 1.81 bits per heavy atom. The summed E-state index contributed by atoms with van der Waals surface area (Å²) in [4.78, 5) is 31.7. The van der Waals surface area contributed by atoms with Gasteiger partial charge in [-0.3, -0.25) is 9.69 Å². The van der Waals surface area contributed by atoms with Crippen molar-refractivity contribution < 1.29 is 32.2 Å². The molecular formula is C30H32F3N5O4S. The van der Waals surface area contributed by atoms with Gasteiger partial charge in [0.2, 0.25) is 0 Å². The van der Waals surface area contributed by atoms with E-state index in [0.717, 1.165) is 28.3 Å². The van der Waals surface area contributed by atoms with Gasteiger partial charge in [0.1, 0.15) is 12.3 Å². The lowest BCUT2D eigenvalue weighted by molar-refractivity contribution is -0.137. The van der Waals surface area contributed by atoms with Crippen LogP contribution in [0.4, 0.5) is 23.7 Å². The van der Waals surface area contributed by atoms with E-state index in [4.69, 9.17) is 14.6 Å². The van der Waals surface area contributed by atoms with Gasteiger partial charge < -0.3 is 19.7 Å². The lowest BCUT2D eigenvalue weighted by atomic mass is 10.0. The first kappa shape index (κ1) is 30.5. The van der Waals surface area contributed by atoms with Crippen molar-refractivity contribution in [1.82, 2.24) is 14.8 Å². The van der Waals surface area contributed by atoms with Gasteiger partial charge in [-0.15, -0.1) is 11.3 Å². The molecule has 1 aromatic heterocycles. The Bertz CT molecular complexity index is 1410. The highest BCUT2D eigenvalue weighted by Crippen LogP contribution is 2.35. The number of methoxy groups -OCH3 is 1. The Balaban J connectivity index is 1.35. The van der Waals surface area contributed by atoms with Crippen molar-refractivity contribution in [3.05, 3.63) is 82.0 Å². The van der Waals surface area contributed by atoms with Crippen LogP contribution in [-0.2, 0) is 15.7 Å². The van der Waals surface area contributed by atoms with Gasteiger partial charge in [0.15, 0.2) is 0 Å². The highest BCUT2D eigenvalue weighted by molar-refractivity contribution is 7.12. The van der Waals surface area contributed by atoms with Gasteiger partial charge in [-0.25, -0.2) is 9.80 Å². The zero-order chi connectivity index (χ0) is 30.4. The van der Waals surface area contributed by atoms with Crippen LogP contribution in [0.5, 0.6) is 5.75 Å². The highest BCUT2D eigenvalue weighted by Gasteiger charge is 2.35. The number of carbonyl (C=O) groups excluding carboxylic acids is 2. The summed E-state index contributed by atoms with van der Waals surface area (Å²) >= 11 is 1.53. The fraction of sp³-hybridized carbons (Fsp3) is 0.367. The zero-order valence-electron chi connectivity index (χ0n) is 23.5. The van der Waals surface area contributed by atoms with Crippen LogP contribution in [-0.4, -0.2) is 85.5 Å². The summed E-state index contributed by atoms with van der Waals surface area (Å²) in [5, 5.41) is 10.7. The van der Waals surface area contributed by atoms with Crippen LogP contribution in [0.3, 0.4) is 0 Å². The van der Waals surface area contributed by atoms with Crippen LogP contribution < -0.4 is 10.1 Å². The molecule has 228 valence electrons. The van der Waals surface area contributed by atoms with Gasteiger partial charge in [0, 0.05) is 38.3 Å². The molecule has 1 N–H and O–H groups in total. The van der Waals surface area contributed by atoms with Crippen molar-refractivity contribution in [1.29, 1.82) is 0 Å². The minimum Gasteiger partial charge on any atom is -0.497 e. The van der Waals surface area contributed by atoms with Gasteiger partial charge in [-0.1, -0.05) is 18.2 Å². The molecule has 1 atom stereocenters. The Labute approximate surface area is 251 Å². The number of alkyl halides is 3. The average Bonchev–Trinajstić information content (AvgIpc) is 3.70. The van der Waals surface area contributed by atoms with E-state index in [2.05, 4.69) is 10.2 Å². The minimum atomic E-state index is -4.49. The number of hydrazone groups is 1. The van der Waals surface area contributed by atoms with Crippen LogP contribution >= 0.6 is 11.3 Å². The van der Waals surface area contributed by atoms with Crippen LogP contribution in [0.2, 0.25) is 0 Å². The maximum atomic E-state index is 13.9. The smallest absolute Gasteiger partial charge is 0.416 e. The van der Waals surface area contributed by atoms with Crippen LogP contribution in [0.15, 0.2) is 71.1 Å². The monoisotopic (exact) mass is 615 g/mol. The number of thiophene rings is 1. The van der Waals surface area contributed by atoms with E-state index in [1.54, 1.807) is 7.11 Å². The number of morpholine rings is 1. The number of anilines is 1. The molecule has 1 fully saturated rings. The number of nitrogens with one attached hydrogen (secondary N) is 1. The number of halogens is 3. The number of amides is 3. The van der Waals surface area contributed by atoms with Crippen LogP contribution in [0.1, 0.15) is 28.5 Å². The number of urea groups is 1. The second-order valence-corrected chi connectivity index (χ2v) is 11.1. The molecule has 0 radical (unpaired) electrons. The van der Waals surface area contributed by atoms with E-state index in [0.29, 0.717) is 45.0 Å². The summed E-state index contributed by atoms with van der Waals surface area (Å²) in [6, 6.07) is 14.5. The summed E-state index contributed by atoms with van der Waals surface area (Å²) in [5.41, 5.74) is 1.02. The van der Waals surface area contributed by atoms with Crippen molar-refractivity contribution in [2.75, 3.05) is 58.4 Å². The molecule has 43 heavy (non-hydrogen) atoms. The molecule has 0 bridgehead atoms. The molecule has 0 aliphatic carbocycles. The molecular weight excluding hydrogens is 583 g/mol. The molecule has 3 aromatic rings. The topological polar surface area (TPSA) is 86.7 Å². The zero-order valence-corrected chi connectivity index (χ0v) is 24.4. The molecule has 2 aliphatic heterocycles. The Kier molecular flexibility index (Phi) is 9.63. The van der Waals surface area contributed by atoms with Crippen molar-refractivity contribution in [2.45, 2.75) is 18.6 Å². The summed E-state index contributed by atoms with van der Waals surface area (Å²) in [5.74, 6) is 0.310. The Morgan fingerprint density at radius 3 is 2.44 bits per heavy atom. The van der Waals surface area contributed by atoms with E-state index in [9.17, 15) is 22.8 Å². The molecule has 1 saturated heterocycles. The first-order valence-electron chi connectivity index (χ1n) is 13.8. The molecule has 0 unspecified atom stereocenters. The van der Waals surface area contributed by atoms with Crippen LogP contribution in [0.25, 0.3) is 0 Å². The van der Waals surface area contributed by atoms with Gasteiger partial charge in [0.05, 0.1) is 42.5 Å². The third kappa shape index (κ3) is 7.72. The normalized spacial score (nSPS) is 17.4. The number of rotatable bonds is 9. The number of hydrogen-bond donors (Lipinski definition) is 1. The predicted octanol–water partition coefficient (Wildman–Crippen LogP) is 5.32. The highest BCUT2D eigenvalue weighted by atomic mass is 32.1. The SMILES string of the molecule is COc1ccc([C@@H]2CC(c3cccs3)=NN2C(=O)CN(CCN2CCOCC2)C(=O)Nc2ccc(C(F)(F)F)cc2)cc1. The molecule has 3 amide bonds. The maximum Gasteiger partial charge on any atom is 0.416 e. The Hall–Kier alpha value is -3.94. The van der Waals surface area contributed by atoms with Gasteiger partial charge in [0.25, 0.3) is 5.91 Å². The third-order valence-electron chi connectivity index (χ3n) is 7.34. The van der Waals surface area contributed by atoms with E-state index in [1.165, 1.54) is 33.4 Å². The van der Waals surface area contributed by atoms with Gasteiger partial charge in [-0.05, 0) is 53.4 Å². The van der Waals surface area contributed by atoms with E-state index in [-0.39, 0.29) is 30.7 Å². The quantitative estimate of drug-likeness (QED) is 0.352. The first-order valence-corrected chi connectivity index (χ1v) is 14.7. The fourth-order valence-corrected chi connectivity index (χ4v) is 5.66. The molecule has 3 heterocycles. The number of ether oxygens (including phenoxy) is 2. The number of benzene rings is 2. The number of hydrogen-bond acceptors (Lipinski definition) is 7. The number of carbonyl (C=O) groups is 2. The van der Waals surface area contributed by atoms with E-state index >= 15 is 0 Å². The van der Waals surface area contributed by atoms with Gasteiger partial charge >= 0.3 is 12.2 Å². The molecule has 2 aromatic carbocycles. The summed E-state index contributed by atoms with van der Waals surface area (Å²) in [7, 11) is 1.58. The van der Waals surface area contributed by atoms with Crippen molar-refractivity contribution in [2.24, 2.45) is 5.10 Å². The summed E-state index contributed by atoms with van der Waals surface area (Å²) in [6.45, 7) is 3.00. The van der Waals surface area contributed by atoms with Crippen LogP contribution in [0, 0.1) is 0 Å². The molecule has 5 rings (SSSR count).